The monoisotopic (exact) mass is 356 g/mol. The third-order valence-electron chi connectivity index (χ3n) is 3.86. The molecule has 1 aromatic heterocycles. The van der Waals surface area contributed by atoms with Crippen molar-refractivity contribution in [3.63, 3.8) is 0 Å². The summed E-state index contributed by atoms with van der Waals surface area (Å²) in [5.41, 5.74) is 2.86. The van der Waals surface area contributed by atoms with Crippen LogP contribution in [0.15, 0.2) is 42.5 Å². The number of ether oxygens (including phenoxy) is 2. The zero-order valence-corrected chi connectivity index (χ0v) is 15.4. The largest absolute Gasteiger partial charge is 0.465 e. The highest BCUT2D eigenvalue weighted by molar-refractivity contribution is 5.97. The number of aryl methyl sites for hydroxylation is 1. The molecule has 2 rings (SSSR count). The van der Waals surface area contributed by atoms with Gasteiger partial charge in [-0.1, -0.05) is 30.3 Å². The Balaban J connectivity index is 2.22. The molecule has 1 heterocycles. The van der Waals surface area contributed by atoms with Gasteiger partial charge in [0.1, 0.15) is 6.54 Å². The number of esters is 1. The molecule has 0 aliphatic heterocycles. The Morgan fingerprint density at radius 3 is 2.46 bits per heavy atom. The van der Waals surface area contributed by atoms with Gasteiger partial charge in [-0.05, 0) is 26.0 Å². The van der Waals surface area contributed by atoms with Gasteiger partial charge in [-0.15, -0.1) is 0 Å². The molecule has 6 nitrogen and oxygen atoms in total. The SMILES string of the molecule is CCOC(=O)CN(CCOC)C(=O)c1ccc(-c2ccccc2)nc1C. The first-order valence-electron chi connectivity index (χ1n) is 8.53. The normalized spacial score (nSPS) is 10.4. The average Bonchev–Trinajstić information content (AvgIpc) is 2.65. The number of hydrogen-bond donors (Lipinski definition) is 0. The molecule has 0 aliphatic carbocycles. The van der Waals surface area contributed by atoms with Crippen molar-refractivity contribution in [3.05, 3.63) is 53.7 Å². The fraction of sp³-hybridized carbons (Fsp3) is 0.350. The van der Waals surface area contributed by atoms with Gasteiger partial charge >= 0.3 is 5.97 Å². The minimum atomic E-state index is -0.441. The van der Waals surface area contributed by atoms with Gasteiger partial charge in [0, 0.05) is 19.2 Å². The predicted octanol–water partition coefficient (Wildman–Crippen LogP) is 2.71. The smallest absolute Gasteiger partial charge is 0.325 e. The van der Waals surface area contributed by atoms with Crippen LogP contribution in [0.25, 0.3) is 11.3 Å². The van der Waals surface area contributed by atoms with Crippen molar-refractivity contribution in [2.45, 2.75) is 13.8 Å². The summed E-state index contributed by atoms with van der Waals surface area (Å²) >= 11 is 0. The van der Waals surface area contributed by atoms with Crippen LogP contribution in [0.4, 0.5) is 0 Å². The van der Waals surface area contributed by atoms with Crippen LogP contribution in [0.1, 0.15) is 23.0 Å². The van der Waals surface area contributed by atoms with Crippen LogP contribution in [0, 0.1) is 6.92 Å². The molecule has 138 valence electrons. The number of aromatic nitrogens is 1. The molecular formula is C20H24N2O4. The number of pyridine rings is 1. The van der Waals surface area contributed by atoms with Crippen molar-refractivity contribution in [2.24, 2.45) is 0 Å². The van der Waals surface area contributed by atoms with E-state index in [0.717, 1.165) is 11.3 Å². The number of carbonyl (C=O) groups excluding carboxylic acids is 2. The van der Waals surface area contributed by atoms with Gasteiger partial charge in [-0.2, -0.15) is 0 Å². The Morgan fingerprint density at radius 2 is 1.85 bits per heavy atom. The van der Waals surface area contributed by atoms with Gasteiger partial charge in [0.05, 0.1) is 30.2 Å². The molecule has 6 heteroatoms. The number of hydrogen-bond acceptors (Lipinski definition) is 5. The Morgan fingerprint density at radius 1 is 1.12 bits per heavy atom. The van der Waals surface area contributed by atoms with Crippen LogP contribution in [0.3, 0.4) is 0 Å². The van der Waals surface area contributed by atoms with E-state index in [9.17, 15) is 9.59 Å². The van der Waals surface area contributed by atoms with Crippen LogP contribution < -0.4 is 0 Å². The van der Waals surface area contributed by atoms with Gasteiger partial charge < -0.3 is 14.4 Å². The first-order chi connectivity index (χ1) is 12.6. The summed E-state index contributed by atoms with van der Waals surface area (Å²) in [5, 5.41) is 0. The lowest BCUT2D eigenvalue weighted by Crippen LogP contribution is -2.39. The molecule has 0 unspecified atom stereocenters. The molecule has 0 atom stereocenters. The van der Waals surface area contributed by atoms with E-state index < -0.39 is 5.97 Å². The second kappa shape index (κ2) is 9.68. The third-order valence-corrected chi connectivity index (χ3v) is 3.86. The maximum atomic E-state index is 12.9. The minimum absolute atomic E-state index is 0.115. The second-order valence-corrected chi connectivity index (χ2v) is 5.72. The number of carbonyl (C=O) groups is 2. The summed E-state index contributed by atoms with van der Waals surface area (Å²) in [7, 11) is 1.55. The van der Waals surface area contributed by atoms with E-state index in [-0.39, 0.29) is 19.1 Å². The van der Waals surface area contributed by atoms with Gasteiger partial charge in [-0.3, -0.25) is 14.6 Å². The molecular weight excluding hydrogens is 332 g/mol. The second-order valence-electron chi connectivity index (χ2n) is 5.72. The minimum Gasteiger partial charge on any atom is -0.465 e. The van der Waals surface area contributed by atoms with E-state index in [1.807, 2.05) is 36.4 Å². The molecule has 0 saturated heterocycles. The van der Waals surface area contributed by atoms with E-state index >= 15 is 0 Å². The molecule has 0 N–H and O–H groups in total. The summed E-state index contributed by atoms with van der Waals surface area (Å²) < 4.78 is 10.0. The number of nitrogens with zero attached hydrogens (tertiary/aromatic N) is 2. The average molecular weight is 356 g/mol. The zero-order chi connectivity index (χ0) is 18.9. The topological polar surface area (TPSA) is 68.7 Å². The van der Waals surface area contributed by atoms with Crippen LogP contribution in [0.5, 0.6) is 0 Å². The first kappa shape index (κ1) is 19.6. The first-order valence-corrected chi connectivity index (χ1v) is 8.53. The fourth-order valence-electron chi connectivity index (χ4n) is 2.54. The molecule has 2 aromatic rings. The summed E-state index contributed by atoms with van der Waals surface area (Å²) in [5.74, 6) is -0.705. The molecule has 0 bridgehead atoms. The van der Waals surface area contributed by atoms with Crippen LogP contribution in [0.2, 0.25) is 0 Å². The van der Waals surface area contributed by atoms with Crippen molar-refractivity contribution in [1.29, 1.82) is 0 Å². The zero-order valence-electron chi connectivity index (χ0n) is 15.4. The number of amides is 1. The van der Waals surface area contributed by atoms with Crippen LogP contribution >= 0.6 is 0 Å². The van der Waals surface area contributed by atoms with Crippen molar-refractivity contribution in [3.8, 4) is 11.3 Å². The molecule has 1 aromatic carbocycles. The quantitative estimate of drug-likeness (QED) is 0.680. The van der Waals surface area contributed by atoms with E-state index in [1.165, 1.54) is 4.90 Å². The molecule has 1 amide bonds. The molecule has 0 fully saturated rings. The lowest BCUT2D eigenvalue weighted by molar-refractivity contribution is -0.143. The number of rotatable bonds is 8. The number of benzene rings is 1. The Kier molecular flexibility index (Phi) is 7.29. The maximum Gasteiger partial charge on any atom is 0.325 e. The summed E-state index contributed by atoms with van der Waals surface area (Å²) in [6.07, 6.45) is 0. The predicted molar refractivity (Wildman–Crippen MR) is 98.8 cm³/mol. The van der Waals surface area contributed by atoms with Crippen LogP contribution in [-0.4, -0.2) is 55.2 Å². The standard InChI is InChI=1S/C20H24N2O4/c1-4-26-19(23)14-22(12-13-25-3)20(24)17-10-11-18(21-15(17)2)16-8-6-5-7-9-16/h5-11H,4,12-14H2,1-3H3. The van der Waals surface area contributed by atoms with Gasteiger partial charge in [0.25, 0.3) is 5.91 Å². The van der Waals surface area contributed by atoms with Gasteiger partial charge in [0.2, 0.25) is 0 Å². The lowest BCUT2D eigenvalue weighted by atomic mass is 10.1. The van der Waals surface area contributed by atoms with Crippen molar-refractivity contribution < 1.29 is 19.1 Å². The van der Waals surface area contributed by atoms with Gasteiger partial charge in [0.15, 0.2) is 0 Å². The molecule has 0 aliphatic rings. The highest BCUT2D eigenvalue weighted by Gasteiger charge is 2.21. The molecule has 0 saturated carbocycles. The molecule has 0 spiro atoms. The molecule has 0 radical (unpaired) electrons. The fourth-order valence-corrected chi connectivity index (χ4v) is 2.54. The highest BCUT2D eigenvalue weighted by atomic mass is 16.5. The Labute approximate surface area is 153 Å². The maximum absolute atomic E-state index is 12.9. The molecule has 26 heavy (non-hydrogen) atoms. The summed E-state index contributed by atoms with van der Waals surface area (Å²) in [6, 6.07) is 13.3. The third kappa shape index (κ3) is 5.13. The highest BCUT2D eigenvalue weighted by Crippen LogP contribution is 2.19. The van der Waals surface area contributed by atoms with E-state index in [4.69, 9.17) is 9.47 Å². The Hall–Kier alpha value is -2.73. The van der Waals surface area contributed by atoms with E-state index in [0.29, 0.717) is 24.4 Å². The van der Waals surface area contributed by atoms with Gasteiger partial charge in [-0.25, -0.2) is 0 Å². The van der Waals surface area contributed by atoms with E-state index in [2.05, 4.69) is 4.98 Å². The van der Waals surface area contributed by atoms with Crippen molar-refractivity contribution in [1.82, 2.24) is 9.88 Å². The van der Waals surface area contributed by atoms with Crippen molar-refractivity contribution >= 4 is 11.9 Å². The Bertz CT molecular complexity index is 747. The van der Waals surface area contributed by atoms with E-state index in [1.54, 1.807) is 27.0 Å². The number of methoxy groups -OCH3 is 1. The van der Waals surface area contributed by atoms with Crippen LogP contribution in [-0.2, 0) is 14.3 Å². The van der Waals surface area contributed by atoms with Crippen molar-refractivity contribution in [2.75, 3.05) is 33.4 Å². The summed E-state index contributed by atoms with van der Waals surface area (Å²) in [4.78, 5) is 30.7. The lowest BCUT2D eigenvalue weighted by Gasteiger charge is -2.22. The summed E-state index contributed by atoms with van der Waals surface area (Å²) in [6.45, 7) is 4.31.